The molecule has 1 aliphatic rings. The molecule has 1 aromatic carbocycles. The second-order valence-electron chi connectivity index (χ2n) is 8.54. The maximum Gasteiger partial charge on any atom is 0.260 e. The molecule has 0 radical (unpaired) electrons. The lowest BCUT2D eigenvalue weighted by Gasteiger charge is -2.10. The number of fused-ring (bicyclic) bond motifs is 3. The Morgan fingerprint density at radius 2 is 1.94 bits per heavy atom. The fraction of sp³-hybridized carbons (Fsp3) is 0.185. The molecule has 0 fully saturated rings. The molecular formula is C27H23N5OS. The quantitative estimate of drug-likeness (QED) is 0.392. The van der Waals surface area contributed by atoms with Crippen molar-refractivity contribution < 1.29 is 0 Å². The topological polar surface area (TPSA) is 76.5 Å². The van der Waals surface area contributed by atoms with Gasteiger partial charge in [0, 0.05) is 28.4 Å². The van der Waals surface area contributed by atoms with Gasteiger partial charge in [-0.3, -0.25) is 14.5 Å². The van der Waals surface area contributed by atoms with Crippen LogP contribution in [0.5, 0.6) is 0 Å². The summed E-state index contributed by atoms with van der Waals surface area (Å²) in [6.07, 6.45) is 11.9. The number of aromatic amines is 1. The molecule has 4 heterocycles. The maximum absolute atomic E-state index is 13.2. The van der Waals surface area contributed by atoms with Crippen LogP contribution in [0.15, 0.2) is 71.9 Å². The number of thiophene rings is 1. The molecule has 0 amide bonds. The molecule has 1 aliphatic carbocycles. The highest BCUT2D eigenvalue weighted by Crippen LogP contribution is 2.34. The third kappa shape index (κ3) is 3.99. The lowest BCUT2D eigenvalue weighted by Crippen LogP contribution is -2.13. The van der Waals surface area contributed by atoms with Gasteiger partial charge < -0.3 is 4.98 Å². The van der Waals surface area contributed by atoms with Crippen molar-refractivity contribution in [2.45, 2.75) is 32.2 Å². The van der Waals surface area contributed by atoms with Crippen molar-refractivity contribution in [3.05, 3.63) is 111 Å². The van der Waals surface area contributed by atoms with Gasteiger partial charge in [-0.25, -0.2) is 4.98 Å². The van der Waals surface area contributed by atoms with Crippen LogP contribution in [0.1, 0.15) is 45.9 Å². The van der Waals surface area contributed by atoms with E-state index in [1.165, 1.54) is 22.4 Å². The summed E-state index contributed by atoms with van der Waals surface area (Å²) in [5.41, 5.74) is 4.75. The Morgan fingerprint density at radius 1 is 1.09 bits per heavy atom. The predicted molar refractivity (Wildman–Crippen MR) is 136 cm³/mol. The van der Waals surface area contributed by atoms with Gasteiger partial charge in [0.1, 0.15) is 10.7 Å². The Balaban J connectivity index is 1.43. The number of hydrogen-bond donors (Lipinski definition) is 1. The number of nitrogens with one attached hydrogen (secondary N) is 1. The molecule has 7 heteroatoms. The van der Waals surface area contributed by atoms with E-state index < -0.39 is 0 Å². The van der Waals surface area contributed by atoms with Crippen LogP contribution in [0.4, 0.5) is 0 Å². The highest BCUT2D eigenvalue weighted by atomic mass is 32.1. The first-order valence-corrected chi connectivity index (χ1v) is 12.3. The summed E-state index contributed by atoms with van der Waals surface area (Å²) in [5, 5.41) is 5.29. The second-order valence-corrected chi connectivity index (χ2v) is 9.62. The van der Waals surface area contributed by atoms with E-state index in [1.54, 1.807) is 17.5 Å². The van der Waals surface area contributed by atoms with Crippen LogP contribution in [-0.4, -0.2) is 24.7 Å². The van der Waals surface area contributed by atoms with Gasteiger partial charge in [0.25, 0.3) is 5.56 Å². The second kappa shape index (κ2) is 8.83. The van der Waals surface area contributed by atoms with E-state index in [9.17, 15) is 4.79 Å². The highest BCUT2D eigenvalue weighted by molar-refractivity contribution is 7.18. The van der Waals surface area contributed by atoms with Crippen molar-refractivity contribution in [1.82, 2.24) is 24.7 Å². The fourth-order valence-electron chi connectivity index (χ4n) is 4.55. The largest absolute Gasteiger partial charge is 0.306 e. The molecule has 0 saturated heterocycles. The zero-order valence-corrected chi connectivity index (χ0v) is 19.4. The molecule has 34 heavy (non-hydrogen) atoms. The maximum atomic E-state index is 13.2. The SMILES string of the molecule is O=c1[nH]c(/C(=C/c2cnn(Cc3ccccc3)c2)c2ccccn2)nc2sc3c(c12)CCCC3. The third-order valence-electron chi connectivity index (χ3n) is 6.17. The van der Waals surface area contributed by atoms with Gasteiger partial charge in [0.15, 0.2) is 0 Å². The first kappa shape index (κ1) is 20.7. The summed E-state index contributed by atoms with van der Waals surface area (Å²) >= 11 is 1.66. The average molecular weight is 466 g/mol. The van der Waals surface area contributed by atoms with Crippen LogP contribution in [0.3, 0.4) is 0 Å². The Kier molecular flexibility index (Phi) is 5.39. The van der Waals surface area contributed by atoms with Crippen LogP contribution in [0, 0.1) is 0 Å². The van der Waals surface area contributed by atoms with E-state index in [1.807, 2.05) is 59.5 Å². The van der Waals surface area contributed by atoms with Gasteiger partial charge in [0.2, 0.25) is 0 Å². The summed E-state index contributed by atoms with van der Waals surface area (Å²) < 4.78 is 1.91. The Bertz CT molecular complexity index is 1550. The van der Waals surface area contributed by atoms with E-state index in [-0.39, 0.29) is 5.56 Å². The summed E-state index contributed by atoms with van der Waals surface area (Å²) in [4.78, 5) is 27.8. The van der Waals surface area contributed by atoms with Crippen LogP contribution < -0.4 is 5.56 Å². The van der Waals surface area contributed by atoms with Crippen molar-refractivity contribution in [2.75, 3.05) is 0 Å². The van der Waals surface area contributed by atoms with E-state index in [0.717, 1.165) is 46.3 Å². The monoisotopic (exact) mass is 465 g/mol. The smallest absolute Gasteiger partial charge is 0.260 e. The van der Waals surface area contributed by atoms with Crippen molar-refractivity contribution in [3.63, 3.8) is 0 Å². The van der Waals surface area contributed by atoms with Crippen LogP contribution >= 0.6 is 11.3 Å². The number of nitrogens with zero attached hydrogens (tertiary/aromatic N) is 4. The zero-order valence-electron chi connectivity index (χ0n) is 18.6. The molecule has 0 atom stereocenters. The average Bonchev–Trinajstić information content (AvgIpc) is 3.47. The minimum Gasteiger partial charge on any atom is -0.306 e. The minimum absolute atomic E-state index is 0.0685. The number of aromatic nitrogens is 5. The van der Waals surface area contributed by atoms with Crippen LogP contribution in [0.25, 0.3) is 21.9 Å². The highest BCUT2D eigenvalue weighted by Gasteiger charge is 2.21. The van der Waals surface area contributed by atoms with Crippen molar-refractivity contribution in [3.8, 4) is 0 Å². The molecule has 0 unspecified atom stereocenters. The summed E-state index contributed by atoms with van der Waals surface area (Å²) in [6, 6.07) is 16.0. The van der Waals surface area contributed by atoms with E-state index in [0.29, 0.717) is 12.4 Å². The fourth-order valence-corrected chi connectivity index (χ4v) is 5.82. The number of H-pyrrole nitrogens is 1. The van der Waals surface area contributed by atoms with Gasteiger partial charge >= 0.3 is 0 Å². The molecule has 6 nitrogen and oxygen atoms in total. The molecular weight excluding hydrogens is 442 g/mol. The predicted octanol–water partition coefficient (Wildman–Crippen LogP) is 5.09. The van der Waals surface area contributed by atoms with Gasteiger partial charge in [-0.2, -0.15) is 5.10 Å². The van der Waals surface area contributed by atoms with Gasteiger partial charge in [0.05, 0.1) is 23.8 Å². The first-order chi connectivity index (χ1) is 16.7. The van der Waals surface area contributed by atoms with Gasteiger partial charge in [-0.15, -0.1) is 11.3 Å². The number of benzene rings is 1. The van der Waals surface area contributed by atoms with Crippen LogP contribution in [-0.2, 0) is 19.4 Å². The molecule has 0 spiro atoms. The lowest BCUT2D eigenvalue weighted by molar-refractivity contribution is 0.687. The van der Waals surface area contributed by atoms with E-state index >= 15 is 0 Å². The Hall–Kier alpha value is -3.84. The molecule has 0 saturated carbocycles. The molecule has 0 aliphatic heterocycles. The molecule has 4 aromatic heterocycles. The molecule has 0 bridgehead atoms. The normalized spacial score (nSPS) is 13.8. The third-order valence-corrected chi connectivity index (χ3v) is 7.36. The number of hydrogen-bond acceptors (Lipinski definition) is 5. The summed E-state index contributed by atoms with van der Waals surface area (Å²) in [7, 11) is 0. The molecule has 6 rings (SSSR count). The Morgan fingerprint density at radius 3 is 2.79 bits per heavy atom. The van der Waals surface area contributed by atoms with Crippen LogP contribution in [0.2, 0.25) is 0 Å². The molecule has 168 valence electrons. The number of rotatable bonds is 5. The number of pyridine rings is 1. The van der Waals surface area contributed by atoms with E-state index in [4.69, 9.17) is 4.98 Å². The van der Waals surface area contributed by atoms with E-state index in [2.05, 4.69) is 27.2 Å². The van der Waals surface area contributed by atoms with Crippen molar-refractivity contribution in [2.24, 2.45) is 0 Å². The number of aryl methyl sites for hydroxylation is 2. The van der Waals surface area contributed by atoms with Crippen molar-refractivity contribution in [1.29, 1.82) is 0 Å². The zero-order chi connectivity index (χ0) is 22.9. The molecule has 1 N–H and O–H groups in total. The lowest BCUT2D eigenvalue weighted by atomic mass is 9.97. The standard InChI is InChI=1S/C27H23N5OS/c33-26-24-20-10-4-5-12-23(20)34-27(24)31-25(30-26)21(22-11-6-7-13-28-22)14-19-15-29-32(17-19)16-18-8-2-1-3-9-18/h1-3,6-9,11,13-15,17H,4-5,10,12,16H2,(H,30,31,33)/b21-14+. The van der Waals surface area contributed by atoms with Gasteiger partial charge in [-0.1, -0.05) is 36.4 Å². The minimum atomic E-state index is -0.0685. The summed E-state index contributed by atoms with van der Waals surface area (Å²) in [6.45, 7) is 0.690. The molecule has 5 aromatic rings. The van der Waals surface area contributed by atoms with Gasteiger partial charge in [-0.05, 0) is 55.0 Å². The van der Waals surface area contributed by atoms with Crippen molar-refractivity contribution >= 4 is 33.2 Å². The summed E-state index contributed by atoms with van der Waals surface area (Å²) in [5.74, 6) is 0.533. The Labute approximate surface area is 200 Å². The first-order valence-electron chi connectivity index (χ1n) is 11.5.